The zero-order valence-electron chi connectivity index (χ0n) is 12.5. The fourth-order valence-electron chi connectivity index (χ4n) is 2.73. The molecular weight excluding hydrogens is 270 g/mol. The van der Waals surface area contributed by atoms with Crippen molar-refractivity contribution in [2.45, 2.75) is 39.7 Å². The SMILES string of the molecule is CC(C)C1CCC(=O)N(Cc2ncncc2C(=O)O)CC1. The van der Waals surface area contributed by atoms with Crippen molar-refractivity contribution >= 4 is 11.9 Å². The Morgan fingerprint density at radius 1 is 1.48 bits per heavy atom. The molecule has 0 saturated carbocycles. The molecule has 1 fully saturated rings. The van der Waals surface area contributed by atoms with Crippen molar-refractivity contribution in [1.29, 1.82) is 0 Å². The molecule has 1 aromatic heterocycles. The molecule has 1 atom stereocenters. The molecule has 6 nitrogen and oxygen atoms in total. The van der Waals surface area contributed by atoms with Crippen LogP contribution in [0.4, 0.5) is 0 Å². The van der Waals surface area contributed by atoms with E-state index in [0.717, 1.165) is 12.8 Å². The zero-order valence-corrected chi connectivity index (χ0v) is 12.5. The van der Waals surface area contributed by atoms with Crippen molar-refractivity contribution < 1.29 is 14.7 Å². The first-order chi connectivity index (χ1) is 9.99. The van der Waals surface area contributed by atoms with E-state index in [1.54, 1.807) is 4.90 Å². The summed E-state index contributed by atoms with van der Waals surface area (Å²) < 4.78 is 0. The van der Waals surface area contributed by atoms with E-state index in [0.29, 0.717) is 30.5 Å². The van der Waals surface area contributed by atoms with Crippen LogP contribution < -0.4 is 0 Å². The Hall–Kier alpha value is -1.98. The summed E-state index contributed by atoms with van der Waals surface area (Å²) in [6.45, 7) is 5.26. The highest BCUT2D eigenvalue weighted by Gasteiger charge is 2.25. The van der Waals surface area contributed by atoms with Crippen molar-refractivity contribution in [2.24, 2.45) is 11.8 Å². The molecule has 0 spiro atoms. The lowest BCUT2D eigenvalue weighted by molar-refractivity contribution is -0.131. The van der Waals surface area contributed by atoms with Crippen LogP contribution in [0.25, 0.3) is 0 Å². The van der Waals surface area contributed by atoms with E-state index in [9.17, 15) is 9.59 Å². The number of amides is 1. The monoisotopic (exact) mass is 291 g/mol. The van der Waals surface area contributed by atoms with Crippen LogP contribution >= 0.6 is 0 Å². The number of hydrogen-bond donors (Lipinski definition) is 1. The maximum atomic E-state index is 12.2. The van der Waals surface area contributed by atoms with Gasteiger partial charge in [0, 0.05) is 19.2 Å². The van der Waals surface area contributed by atoms with Crippen molar-refractivity contribution in [3.63, 3.8) is 0 Å². The Morgan fingerprint density at radius 3 is 2.90 bits per heavy atom. The third-order valence-electron chi connectivity index (χ3n) is 4.16. The molecule has 1 saturated heterocycles. The minimum Gasteiger partial charge on any atom is -0.478 e. The van der Waals surface area contributed by atoms with Gasteiger partial charge in [0.25, 0.3) is 0 Å². The third kappa shape index (κ3) is 3.77. The first kappa shape index (κ1) is 15.4. The standard InChI is InChI=1S/C15H21N3O3/c1-10(2)11-3-4-14(19)18(6-5-11)8-13-12(15(20)21)7-16-9-17-13/h7,9-11H,3-6,8H2,1-2H3,(H,20,21). The number of carbonyl (C=O) groups is 2. The van der Waals surface area contributed by atoms with Crippen LogP contribution in [0, 0.1) is 11.8 Å². The molecule has 2 heterocycles. The molecule has 1 aromatic rings. The Balaban J connectivity index is 2.12. The number of carboxylic acid groups (broad SMARTS) is 1. The lowest BCUT2D eigenvalue weighted by atomic mass is 9.89. The number of rotatable bonds is 4. The van der Waals surface area contributed by atoms with Crippen molar-refractivity contribution in [3.05, 3.63) is 23.8 Å². The molecule has 21 heavy (non-hydrogen) atoms. The van der Waals surface area contributed by atoms with Gasteiger partial charge in [0.2, 0.25) is 5.91 Å². The molecule has 0 aliphatic carbocycles. The van der Waals surface area contributed by atoms with Crippen LogP contribution in [0.2, 0.25) is 0 Å². The van der Waals surface area contributed by atoms with Gasteiger partial charge < -0.3 is 10.0 Å². The molecule has 0 radical (unpaired) electrons. The van der Waals surface area contributed by atoms with E-state index in [1.165, 1.54) is 12.5 Å². The fourth-order valence-corrected chi connectivity index (χ4v) is 2.73. The van der Waals surface area contributed by atoms with Gasteiger partial charge in [0.15, 0.2) is 0 Å². The van der Waals surface area contributed by atoms with Gasteiger partial charge in [-0.3, -0.25) is 4.79 Å². The van der Waals surface area contributed by atoms with Gasteiger partial charge in [-0.25, -0.2) is 14.8 Å². The van der Waals surface area contributed by atoms with Gasteiger partial charge in [-0.1, -0.05) is 13.8 Å². The van der Waals surface area contributed by atoms with Crippen LogP contribution in [-0.4, -0.2) is 38.4 Å². The van der Waals surface area contributed by atoms with Crippen LogP contribution in [0.3, 0.4) is 0 Å². The maximum absolute atomic E-state index is 12.2. The lowest BCUT2D eigenvalue weighted by Crippen LogP contribution is -2.31. The maximum Gasteiger partial charge on any atom is 0.339 e. The topological polar surface area (TPSA) is 83.4 Å². The summed E-state index contributed by atoms with van der Waals surface area (Å²) in [7, 11) is 0. The summed E-state index contributed by atoms with van der Waals surface area (Å²) in [6.07, 6.45) is 4.99. The molecule has 1 N–H and O–H groups in total. The van der Waals surface area contributed by atoms with E-state index in [2.05, 4.69) is 23.8 Å². The first-order valence-corrected chi connectivity index (χ1v) is 7.29. The molecule has 0 bridgehead atoms. The Labute approximate surface area is 124 Å². The number of aromatic nitrogens is 2. The van der Waals surface area contributed by atoms with Gasteiger partial charge in [-0.2, -0.15) is 0 Å². The summed E-state index contributed by atoms with van der Waals surface area (Å²) in [6, 6.07) is 0. The highest BCUT2D eigenvalue weighted by molar-refractivity contribution is 5.88. The minimum atomic E-state index is -1.06. The number of hydrogen-bond acceptors (Lipinski definition) is 4. The molecule has 1 unspecified atom stereocenters. The summed E-state index contributed by atoms with van der Waals surface area (Å²) >= 11 is 0. The predicted octanol–water partition coefficient (Wildman–Crippen LogP) is 1.96. The first-order valence-electron chi connectivity index (χ1n) is 7.29. The second kappa shape index (κ2) is 6.65. The fraction of sp³-hybridized carbons (Fsp3) is 0.600. The van der Waals surface area contributed by atoms with E-state index >= 15 is 0 Å². The number of carboxylic acids is 1. The van der Waals surface area contributed by atoms with Gasteiger partial charge in [-0.15, -0.1) is 0 Å². The van der Waals surface area contributed by atoms with E-state index in [4.69, 9.17) is 5.11 Å². The highest BCUT2D eigenvalue weighted by atomic mass is 16.4. The second-order valence-electron chi connectivity index (χ2n) is 5.84. The van der Waals surface area contributed by atoms with Crippen LogP contribution in [0.15, 0.2) is 12.5 Å². The number of aromatic carboxylic acids is 1. The molecule has 1 amide bonds. The molecule has 1 aliphatic rings. The minimum absolute atomic E-state index is 0.0648. The summed E-state index contributed by atoms with van der Waals surface area (Å²) in [5.74, 6) is 0.121. The number of nitrogens with zero attached hydrogens (tertiary/aromatic N) is 3. The van der Waals surface area contributed by atoms with E-state index in [-0.39, 0.29) is 18.0 Å². The van der Waals surface area contributed by atoms with Gasteiger partial charge >= 0.3 is 5.97 Å². The van der Waals surface area contributed by atoms with Crippen LogP contribution in [-0.2, 0) is 11.3 Å². The lowest BCUT2D eigenvalue weighted by Gasteiger charge is -2.21. The Kier molecular flexibility index (Phi) is 4.88. The predicted molar refractivity (Wildman–Crippen MR) is 76.6 cm³/mol. The van der Waals surface area contributed by atoms with Gasteiger partial charge in [0.1, 0.15) is 11.9 Å². The molecule has 2 rings (SSSR count). The molecule has 114 valence electrons. The van der Waals surface area contributed by atoms with Gasteiger partial charge in [-0.05, 0) is 24.7 Å². The molecule has 6 heteroatoms. The zero-order chi connectivity index (χ0) is 15.4. The number of carbonyl (C=O) groups excluding carboxylic acids is 1. The van der Waals surface area contributed by atoms with Crippen molar-refractivity contribution in [3.8, 4) is 0 Å². The normalized spacial score (nSPS) is 19.7. The van der Waals surface area contributed by atoms with Gasteiger partial charge in [0.05, 0.1) is 12.2 Å². The largest absolute Gasteiger partial charge is 0.478 e. The Morgan fingerprint density at radius 2 is 2.24 bits per heavy atom. The summed E-state index contributed by atoms with van der Waals surface area (Å²) in [4.78, 5) is 32.9. The molecule has 1 aliphatic heterocycles. The summed E-state index contributed by atoms with van der Waals surface area (Å²) in [5, 5.41) is 9.15. The van der Waals surface area contributed by atoms with E-state index < -0.39 is 5.97 Å². The average Bonchev–Trinajstić information content (AvgIpc) is 2.62. The van der Waals surface area contributed by atoms with Crippen LogP contribution in [0.1, 0.15) is 49.2 Å². The Bertz CT molecular complexity index is 531. The average molecular weight is 291 g/mol. The molecular formula is C15H21N3O3. The third-order valence-corrected chi connectivity index (χ3v) is 4.16. The molecule has 0 aromatic carbocycles. The number of likely N-dealkylation sites (tertiary alicyclic amines) is 1. The smallest absolute Gasteiger partial charge is 0.339 e. The second-order valence-corrected chi connectivity index (χ2v) is 5.84. The van der Waals surface area contributed by atoms with Crippen LogP contribution in [0.5, 0.6) is 0 Å². The highest BCUT2D eigenvalue weighted by Crippen LogP contribution is 2.26. The quantitative estimate of drug-likeness (QED) is 0.916. The van der Waals surface area contributed by atoms with Crippen molar-refractivity contribution in [1.82, 2.24) is 14.9 Å². The summed E-state index contributed by atoms with van der Waals surface area (Å²) in [5.41, 5.74) is 0.462. The van der Waals surface area contributed by atoms with Crippen molar-refractivity contribution in [2.75, 3.05) is 6.54 Å². The van der Waals surface area contributed by atoms with E-state index in [1.807, 2.05) is 0 Å².